The van der Waals surface area contributed by atoms with Gasteiger partial charge in [-0.2, -0.15) is 0 Å². The molecule has 0 unspecified atom stereocenters. The average Bonchev–Trinajstić information content (AvgIpc) is 3.07. The molecule has 0 saturated carbocycles. The van der Waals surface area contributed by atoms with Crippen LogP contribution in [0.5, 0.6) is 0 Å². The molecule has 0 N–H and O–H groups in total. The van der Waals surface area contributed by atoms with E-state index in [1.807, 2.05) is 127 Å². The quantitative estimate of drug-likeness (QED) is 0.186. The average molecular weight is 589 g/mol. The Kier molecular flexibility index (Phi) is 13.3. The Morgan fingerprint density at radius 2 is 0.711 bits per heavy atom. The summed E-state index contributed by atoms with van der Waals surface area (Å²) in [7, 11) is 5.04. The van der Waals surface area contributed by atoms with Crippen molar-refractivity contribution >= 4 is 18.2 Å². The van der Waals surface area contributed by atoms with E-state index in [4.69, 9.17) is 14.2 Å². The first kappa shape index (κ1) is 32.6. The zero-order valence-electron chi connectivity index (χ0n) is 26.0. The third kappa shape index (κ3) is 10.7. The van der Waals surface area contributed by atoms with Gasteiger partial charge in [-0.25, -0.2) is 0 Å². The molecule has 0 radical (unpaired) electrons. The third-order valence-corrected chi connectivity index (χ3v) is 6.52. The number of hydrogen-bond donors (Lipinski definition) is 0. The van der Waals surface area contributed by atoms with E-state index in [9.17, 15) is 0 Å². The highest BCUT2D eigenvalue weighted by Gasteiger charge is 2.01. The Morgan fingerprint density at radius 3 is 1.00 bits per heavy atom. The van der Waals surface area contributed by atoms with Gasteiger partial charge in [-0.05, 0) is 53.1 Å². The molecule has 0 aliphatic heterocycles. The predicted octanol–water partition coefficient (Wildman–Crippen LogP) is 7.86. The molecule has 0 aromatic heterocycles. The van der Waals surface area contributed by atoms with Gasteiger partial charge in [0.2, 0.25) is 0 Å². The van der Waals surface area contributed by atoms with Crippen molar-refractivity contribution in [1.82, 2.24) is 0 Å². The van der Waals surface area contributed by atoms with E-state index in [1.165, 1.54) is 0 Å². The fourth-order valence-electron chi connectivity index (χ4n) is 4.35. The van der Waals surface area contributed by atoms with Crippen LogP contribution in [0, 0.1) is 35.5 Å². The van der Waals surface area contributed by atoms with Crippen molar-refractivity contribution in [3.63, 3.8) is 0 Å². The van der Waals surface area contributed by atoms with Gasteiger partial charge in [0.25, 0.3) is 0 Å². The van der Waals surface area contributed by atoms with E-state index in [0.29, 0.717) is 19.8 Å². The summed E-state index contributed by atoms with van der Waals surface area (Å²) < 4.78 is 15.5. The maximum Gasteiger partial charge on any atom is 0.0646 e. The molecule has 3 nitrogen and oxygen atoms in total. The van der Waals surface area contributed by atoms with Crippen LogP contribution in [-0.2, 0) is 14.2 Å². The van der Waals surface area contributed by atoms with Crippen molar-refractivity contribution in [3.05, 3.63) is 159 Å². The van der Waals surface area contributed by atoms with Crippen LogP contribution in [0.25, 0.3) is 18.2 Å². The molecule has 4 aromatic rings. The normalized spacial score (nSPS) is 10.7. The molecule has 0 bridgehead atoms. The second-order valence-corrected chi connectivity index (χ2v) is 9.88. The van der Waals surface area contributed by atoms with Gasteiger partial charge in [-0.3, -0.25) is 0 Å². The molecule has 3 heteroatoms. The van der Waals surface area contributed by atoms with Crippen LogP contribution >= 0.6 is 0 Å². The lowest BCUT2D eigenvalue weighted by molar-refractivity contribution is 0.234. The van der Waals surface area contributed by atoms with Crippen molar-refractivity contribution in [2.45, 2.75) is 0 Å². The van der Waals surface area contributed by atoms with E-state index in [-0.39, 0.29) is 0 Å². The highest BCUT2D eigenvalue weighted by Crippen LogP contribution is 2.15. The van der Waals surface area contributed by atoms with Crippen molar-refractivity contribution in [2.24, 2.45) is 0 Å². The zero-order valence-corrected chi connectivity index (χ0v) is 26.0. The molecule has 0 atom stereocenters. The summed E-state index contributed by atoms with van der Waals surface area (Å²) in [6.45, 7) is 1.63. The molecule has 0 aliphatic carbocycles. The number of rotatable bonds is 9. The molecule has 0 heterocycles. The summed E-state index contributed by atoms with van der Waals surface area (Å²) in [6.07, 6.45) is 12.0. The third-order valence-electron chi connectivity index (χ3n) is 6.52. The number of hydrogen-bond acceptors (Lipinski definition) is 3. The van der Waals surface area contributed by atoms with E-state index < -0.39 is 0 Å². The number of ether oxygens (including phenoxy) is 3. The molecule has 4 rings (SSSR count). The Morgan fingerprint density at radius 1 is 0.422 bits per heavy atom. The van der Waals surface area contributed by atoms with Crippen molar-refractivity contribution in [3.8, 4) is 35.5 Å². The van der Waals surface area contributed by atoms with E-state index >= 15 is 0 Å². The van der Waals surface area contributed by atoms with Gasteiger partial charge in [-0.1, -0.05) is 127 Å². The maximum atomic E-state index is 5.17. The predicted molar refractivity (Wildman–Crippen MR) is 186 cm³/mol. The molecular weight excluding hydrogens is 552 g/mol. The summed E-state index contributed by atoms with van der Waals surface area (Å²) in [4.78, 5) is 0. The van der Waals surface area contributed by atoms with Gasteiger partial charge in [-0.15, -0.1) is 0 Å². The van der Waals surface area contributed by atoms with Crippen LogP contribution in [0.4, 0.5) is 0 Å². The first-order chi connectivity index (χ1) is 22.2. The van der Waals surface area contributed by atoms with Crippen molar-refractivity contribution in [2.75, 3.05) is 41.2 Å². The molecule has 0 amide bonds. The standard InChI is InChI=1S/C42H36O3/c1-43-28-10-19-37-13-4-7-16-40(37)25-22-34-31-35(23-26-41-17-8-5-14-38(41)20-11-29-44-2)33-36(32-34)24-27-42-18-9-6-15-39(42)21-12-30-45-3/h4-21,31-33H,28-30H2,1-3H3. The fourth-order valence-corrected chi connectivity index (χ4v) is 4.35. The zero-order chi connectivity index (χ0) is 31.5. The van der Waals surface area contributed by atoms with Gasteiger partial charge >= 0.3 is 0 Å². The van der Waals surface area contributed by atoms with Gasteiger partial charge in [0.05, 0.1) is 19.8 Å². The molecule has 0 fully saturated rings. The Labute approximate surface area is 267 Å². The first-order valence-electron chi connectivity index (χ1n) is 14.6. The molecular formula is C42H36O3. The Hall–Kier alpha value is -5.34. The molecule has 45 heavy (non-hydrogen) atoms. The minimum absolute atomic E-state index is 0.543. The van der Waals surface area contributed by atoms with Crippen LogP contribution in [0.2, 0.25) is 0 Å². The van der Waals surface area contributed by atoms with Gasteiger partial charge in [0, 0.05) is 54.7 Å². The smallest absolute Gasteiger partial charge is 0.0646 e. The summed E-state index contributed by atoms with van der Waals surface area (Å²) in [5.41, 5.74) is 8.42. The lowest BCUT2D eigenvalue weighted by atomic mass is 10.0. The number of benzene rings is 4. The van der Waals surface area contributed by atoms with Gasteiger partial charge < -0.3 is 14.2 Å². The first-order valence-corrected chi connectivity index (χ1v) is 14.6. The van der Waals surface area contributed by atoms with Crippen molar-refractivity contribution < 1.29 is 14.2 Å². The molecule has 0 spiro atoms. The summed E-state index contributed by atoms with van der Waals surface area (Å²) in [6, 6.07) is 30.2. The second-order valence-electron chi connectivity index (χ2n) is 9.88. The molecule has 0 aliphatic rings. The largest absolute Gasteiger partial charge is 0.381 e. The topological polar surface area (TPSA) is 27.7 Å². The SMILES string of the molecule is COCC=Cc1ccccc1C#Cc1cc(C#Cc2ccccc2C=CCOC)cc(C#Cc2ccccc2C=CCOC)c1. The maximum absolute atomic E-state index is 5.17. The van der Waals surface area contributed by atoms with Crippen molar-refractivity contribution in [1.29, 1.82) is 0 Å². The summed E-state index contributed by atoms with van der Waals surface area (Å²) >= 11 is 0. The van der Waals surface area contributed by atoms with Gasteiger partial charge in [0.1, 0.15) is 0 Å². The Bertz CT molecular complexity index is 1630. The lowest BCUT2D eigenvalue weighted by Gasteiger charge is -2.01. The number of methoxy groups -OCH3 is 3. The monoisotopic (exact) mass is 588 g/mol. The minimum Gasteiger partial charge on any atom is -0.381 e. The van der Waals surface area contributed by atoms with Gasteiger partial charge in [0.15, 0.2) is 0 Å². The highest BCUT2D eigenvalue weighted by molar-refractivity contribution is 5.64. The molecule has 4 aromatic carbocycles. The second kappa shape index (κ2) is 18.4. The van der Waals surface area contributed by atoms with E-state index in [0.717, 1.165) is 50.1 Å². The molecule has 222 valence electrons. The van der Waals surface area contributed by atoms with Crippen LogP contribution in [0.1, 0.15) is 50.1 Å². The van der Waals surface area contributed by atoms with E-state index in [2.05, 4.69) is 35.5 Å². The van der Waals surface area contributed by atoms with Crippen LogP contribution < -0.4 is 0 Å². The Balaban J connectivity index is 1.76. The highest BCUT2D eigenvalue weighted by atomic mass is 16.5. The van der Waals surface area contributed by atoms with E-state index in [1.54, 1.807) is 21.3 Å². The molecule has 0 saturated heterocycles. The van der Waals surface area contributed by atoms with Crippen LogP contribution in [-0.4, -0.2) is 41.2 Å². The lowest BCUT2D eigenvalue weighted by Crippen LogP contribution is -1.88. The fraction of sp³-hybridized carbons (Fsp3) is 0.143. The van der Waals surface area contributed by atoms with Crippen LogP contribution in [0.3, 0.4) is 0 Å². The van der Waals surface area contributed by atoms with Crippen LogP contribution in [0.15, 0.2) is 109 Å². The summed E-state index contributed by atoms with van der Waals surface area (Å²) in [5.74, 6) is 20.1. The summed E-state index contributed by atoms with van der Waals surface area (Å²) in [5, 5.41) is 0. The minimum atomic E-state index is 0.543.